The van der Waals surface area contributed by atoms with Gasteiger partial charge < -0.3 is 10.5 Å². The van der Waals surface area contributed by atoms with E-state index >= 15 is 0 Å². The first-order valence-corrected chi connectivity index (χ1v) is 4.09. The SMILES string of the molecule is C=CCOC(=O)[C@H](N)C(C)(C)S. The van der Waals surface area contributed by atoms with Crippen LogP contribution in [-0.4, -0.2) is 23.4 Å². The van der Waals surface area contributed by atoms with Crippen molar-refractivity contribution >= 4 is 18.6 Å². The smallest absolute Gasteiger partial charge is 0.324 e. The second-order valence-electron chi connectivity index (χ2n) is 3.05. The van der Waals surface area contributed by atoms with Crippen LogP contribution in [0.15, 0.2) is 12.7 Å². The summed E-state index contributed by atoms with van der Waals surface area (Å²) in [6.07, 6.45) is 1.50. The number of ether oxygens (including phenoxy) is 1. The second kappa shape index (κ2) is 4.52. The third-order valence-corrected chi connectivity index (χ3v) is 1.64. The Labute approximate surface area is 78.4 Å². The topological polar surface area (TPSA) is 52.3 Å². The van der Waals surface area contributed by atoms with Crippen LogP contribution >= 0.6 is 12.6 Å². The van der Waals surface area contributed by atoms with E-state index in [1.807, 2.05) is 0 Å². The lowest BCUT2D eigenvalue weighted by Crippen LogP contribution is -2.46. The average Bonchev–Trinajstić information content (AvgIpc) is 1.97. The fraction of sp³-hybridized carbons (Fsp3) is 0.625. The van der Waals surface area contributed by atoms with Gasteiger partial charge in [0.25, 0.3) is 0 Å². The van der Waals surface area contributed by atoms with Crippen LogP contribution in [-0.2, 0) is 9.53 Å². The second-order valence-corrected chi connectivity index (χ2v) is 4.20. The van der Waals surface area contributed by atoms with E-state index < -0.39 is 16.8 Å². The van der Waals surface area contributed by atoms with Gasteiger partial charge in [0.15, 0.2) is 0 Å². The molecule has 0 bridgehead atoms. The van der Waals surface area contributed by atoms with Crippen LogP contribution in [0.4, 0.5) is 0 Å². The molecule has 0 radical (unpaired) electrons. The Balaban J connectivity index is 4.02. The molecule has 0 aliphatic rings. The van der Waals surface area contributed by atoms with Gasteiger partial charge in [0.2, 0.25) is 0 Å². The number of hydrogen-bond acceptors (Lipinski definition) is 4. The van der Waals surface area contributed by atoms with Crippen molar-refractivity contribution in [1.82, 2.24) is 0 Å². The maximum Gasteiger partial charge on any atom is 0.324 e. The van der Waals surface area contributed by atoms with Crippen molar-refractivity contribution in [3.63, 3.8) is 0 Å². The van der Waals surface area contributed by atoms with E-state index in [1.165, 1.54) is 6.08 Å². The van der Waals surface area contributed by atoms with Crippen LogP contribution in [0.2, 0.25) is 0 Å². The predicted molar refractivity (Wildman–Crippen MR) is 52.2 cm³/mol. The molecule has 0 saturated heterocycles. The maximum absolute atomic E-state index is 11.1. The molecule has 0 rings (SSSR count). The first-order chi connectivity index (χ1) is 5.39. The molecular formula is C8H15NO2S. The quantitative estimate of drug-likeness (QED) is 0.390. The summed E-state index contributed by atoms with van der Waals surface area (Å²) >= 11 is 4.16. The number of thiol groups is 1. The van der Waals surface area contributed by atoms with Gasteiger partial charge in [-0.05, 0) is 13.8 Å². The molecule has 0 fully saturated rings. The van der Waals surface area contributed by atoms with Crippen molar-refractivity contribution < 1.29 is 9.53 Å². The van der Waals surface area contributed by atoms with E-state index in [1.54, 1.807) is 13.8 Å². The van der Waals surface area contributed by atoms with Gasteiger partial charge in [0.05, 0.1) is 0 Å². The molecule has 3 nitrogen and oxygen atoms in total. The normalized spacial score (nSPS) is 13.7. The monoisotopic (exact) mass is 189 g/mol. The number of esters is 1. The highest BCUT2D eigenvalue weighted by atomic mass is 32.1. The molecule has 0 aliphatic carbocycles. The van der Waals surface area contributed by atoms with Gasteiger partial charge in [0.1, 0.15) is 12.6 Å². The first-order valence-electron chi connectivity index (χ1n) is 3.65. The van der Waals surface area contributed by atoms with Crippen LogP contribution in [0.5, 0.6) is 0 Å². The molecule has 0 heterocycles. The minimum atomic E-state index is -0.708. The Morgan fingerprint density at radius 3 is 2.67 bits per heavy atom. The largest absolute Gasteiger partial charge is 0.460 e. The molecule has 0 aromatic carbocycles. The lowest BCUT2D eigenvalue weighted by atomic mass is 10.1. The molecule has 0 unspecified atom stereocenters. The summed E-state index contributed by atoms with van der Waals surface area (Å²) in [4.78, 5) is 11.1. The van der Waals surface area contributed by atoms with Crippen molar-refractivity contribution in [2.75, 3.05) is 6.61 Å². The molecule has 0 aliphatic heterocycles. The standard InChI is InChI=1S/C8H15NO2S/c1-4-5-11-7(10)6(9)8(2,3)12/h4,6,12H,1,5,9H2,2-3H3/t6-/m0/s1. The van der Waals surface area contributed by atoms with E-state index in [4.69, 9.17) is 10.5 Å². The molecule has 0 aromatic heterocycles. The Hall–Kier alpha value is -0.480. The molecule has 70 valence electrons. The molecule has 0 amide bonds. The zero-order chi connectivity index (χ0) is 9.78. The molecule has 1 atom stereocenters. The number of hydrogen-bond donors (Lipinski definition) is 2. The first kappa shape index (κ1) is 11.5. The summed E-state index contributed by atoms with van der Waals surface area (Å²) in [5.41, 5.74) is 5.55. The van der Waals surface area contributed by atoms with Gasteiger partial charge in [-0.25, -0.2) is 0 Å². The number of nitrogens with two attached hydrogens (primary N) is 1. The summed E-state index contributed by atoms with van der Waals surface area (Å²) < 4.78 is 4.19. The van der Waals surface area contributed by atoms with Crippen molar-refractivity contribution in [2.24, 2.45) is 5.73 Å². The molecule has 12 heavy (non-hydrogen) atoms. The lowest BCUT2D eigenvalue weighted by Gasteiger charge is -2.23. The summed E-state index contributed by atoms with van der Waals surface area (Å²) in [6.45, 7) is 7.13. The van der Waals surface area contributed by atoms with E-state index in [9.17, 15) is 4.79 Å². The van der Waals surface area contributed by atoms with Crippen molar-refractivity contribution in [2.45, 2.75) is 24.6 Å². The van der Waals surface area contributed by atoms with Crippen LogP contribution in [0.1, 0.15) is 13.8 Å². The molecular weight excluding hydrogens is 174 g/mol. The molecule has 0 aromatic rings. The highest BCUT2D eigenvalue weighted by molar-refractivity contribution is 7.81. The van der Waals surface area contributed by atoms with Gasteiger partial charge in [0, 0.05) is 4.75 Å². The Kier molecular flexibility index (Phi) is 4.34. The van der Waals surface area contributed by atoms with Crippen LogP contribution in [0.3, 0.4) is 0 Å². The average molecular weight is 189 g/mol. The molecule has 2 N–H and O–H groups in total. The van der Waals surface area contributed by atoms with Crippen molar-refractivity contribution in [3.8, 4) is 0 Å². The zero-order valence-corrected chi connectivity index (χ0v) is 8.30. The summed E-state index contributed by atoms with van der Waals surface area (Å²) in [5, 5.41) is 0. The Morgan fingerprint density at radius 1 is 1.83 bits per heavy atom. The number of rotatable bonds is 4. The minimum Gasteiger partial charge on any atom is -0.460 e. The Morgan fingerprint density at radius 2 is 2.33 bits per heavy atom. The summed E-state index contributed by atoms with van der Waals surface area (Å²) in [5.74, 6) is -0.449. The zero-order valence-electron chi connectivity index (χ0n) is 7.41. The van der Waals surface area contributed by atoms with Gasteiger partial charge in [-0.15, -0.1) is 0 Å². The lowest BCUT2D eigenvalue weighted by molar-refractivity contribution is -0.144. The predicted octanol–water partition coefficient (Wildman–Crippen LogP) is 0.751. The molecule has 0 saturated carbocycles. The van der Waals surface area contributed by atoms with E-state index in [0.29, 0.717) is 0 Å². The number of carbonyl (C=O) groups is 1. The van der Waals surface area contributed by atoms with Crippen LogP contribution in [0.25, 0.3) is 0 Å². The third kappa shape index (κ3) is 3.78. The van der Waals surface area contributed by atoms with Gasteiger partial charge in [-0.3, -0.25) is 4.79 Å². The summed E-state index contributed by atoms with van der Waals surface area (Å²) in [7, 11) is 0. The fourth-order valence-electron chi connectivity index (χ4n) is 0.519. The third-order valence-electron chi connectivity index (χ3n) is 1.36. The number of carbonyl (C=O) groups excluding carboxylic acids is 1. The highest BCUT2D eigenvalue weighted by Crippen LogP contribution is 2.16. The van der Waals surface area contributed by atoms with Crippen molar-refractivity contribution in [1.29, 1.82) is 0 Å². The molecule has 4 heteroatoms. The van der Waals surface area contributed by atoms with Gasteiger partial charge in [-0.1, -0.05) is 12.7 Å². The minimum absolute atomic E-state index is 0.191. The van der Waals surface area contributed by atoms with Crippen molar-refractivity contribution in [3.05, 3.63) is 12.7 Å². The van der Waals surface area contributed by atoms with E-state index in [-0.39, 0.29) is 6.61 Å². The fourth-order valence-corrected chi connectivity index (χ4v) is 0.625. The Bertz CT molecular complexity index is 174. The molecule has 0 spiro atoms. The van der Waals surface area contributed by atoms with Crippen LogP contribution in [0, 0.1) is 0 Å². The summed E-state index contributed by atoms with van der Waals surface area (Å²) in [6, 6.07) is -0.708. The van der Waals surface area contributed by atoms with E-state index in [0.717, 1.165) is 0 Å². The highest BCUT2D eigenvalue weighted by Gasteiger charge is 2.29. The van der Waals surface area contributed by atoms with Gasteiger partial charge >= 0.3 is 5.97 Å². The van der Waals surface area contributed by atoms with E-state index in [2.05, 4.69) is 19.2 Å². The maximum atomic E-state index is 11.1. The van der Waals surface area contributed by atoms with Gasteiger partial charge in [-0.2, -0.15) is 12.6 Å². The van der Waals surface area contributed by atoms with Crippen LogP contribution < -0.4 is 5.73 Å².